The van der Waals surface area contributed by atoms with Gasteiger partial charge >= 0.3 is 11.9 Å². The van der Waals surface area contributed by atoms with E-state index in [0.717, 1.165) is 0 Å². The van der Waals surface area contributed by atoms with Gasteiger partial charge in [0.1, 0.15) is 0 Å². The zero-order chi connectivity index (χ0) is 25.8. The SMILES string of the molecule is CC(C)(C)C(O)CC(O)C(C)(C)C.O=C(O)C(=O)c1ccccc1.O=C(O)c1ccccc1. The highest BCUT2D eigenvalue weighted by atomic mass is 16.4. The number of aliphatic hydroxyl groups excluding tert-OH is 2. The lowest BCUT2D eigenvalue weighted by atomic mass is 9.79. The fraction of sp³-hybridized carbons (Fsp3) is 0.423. The van der Waals surface area contributed by atoms with Crippen LogP contribution >= 0.6 is 0 Å². The van der Waals surface area contributed by atoms with Crippen molar-refractivity contribution in [2.45, 2.75) is 60.2 Å². The number of ketones is 1. The lowest BCUT2D eigenvalue weighted by Crippen LogP contribution is -2.35. The van der Waals surface area contributed by atoms with Crippen LogP contribution in [0, 0.1) is 10.8 Å². The molecule has 0 aromatic heterocycles. The molecule has 4 N–H and O–H groups in total. The van der Waals surface area contributed by atoms with Crippen molar-refractivity contribution in [2.75, 3.05) is 0 Å². The van der Waals surface area contributed by atoms with Crippen molar-refractivity contribution in [1.82, 2.24) is 0 Å². The van der Waals surface area contributed by atoms with E-state index in [9.17, 15) is 24.6 Å². The Hall–Kier alpha value is -3.03. The third-order valence-electron chi connectivity index (χ3n) is 4.70. The van der Waals surface area contributed by atoms with Crippen molar-refractivity contribution < 1.29 is 34.8 Å². The van der Waals surface area contributed by atoms with Gasteiger partial charge in [-0.1, -0.05) is 90.1 Å². The Morgan fingerprint density at radius 3 is 1.24 bits per heavy atom. The summed E-state index contributed by atoms with van der Waals surface area (Å²) in [5.41, 5.74) is 0.246. The summed E-state index contributed by atoms with van der Waals surface area (Å²) in [7, 11) is 0. The molecule has 2 aromatic rings. The highest BCUT2D eigenvalue weighted by Gasteiger charge is 2.30. The molecule has 2 unspecified atom stereocenters. The molecule has 2 aromatic carbocycles. The predicted octanol–water partition coefficient (Wildman–Crippen LogP) is 4.53. The molecule has 2 rings (SSSR count). The van der Waals surface area contributed by atoms with Crippen molar-refractivity contribution in [2.24, 2.45) is 10.8 Å². The average molecular weight is 461 g/mol. The van der Waals surface area contributed by atoms with E-state index >= 15 is 0 Å². The topological polar surface area (TPSA) is 132 Å². The Labute approximate surface area is 195 Å². The molecule has 0 bridgehead atoms. The minimum Gasteiger partial charge on any atom is -0.478 e. The summed E-state index contributed by atoms with van der Waals surface area (Å²) in [5, 5.41) is 36.2. The number of carbonyl (C=O) groups excluding carboxylic acids is 1. The number of hydrogen-bond acceptors (Lipinski definition) is 5. The van der Waals surface area contributed by atoms with E-state index in [1.165, 1.54) is 12.1 Å². The number of hydrogen-bond donors (Lipinski definition) is 4. The van der Waals surface area contributed by atoms with E-state index in [1.807, 2.05) is 41.5 Å². The Balaban J connectivity index is 0.000000472. The summed E-state index contributed by atoms with van der Waals surface area (Å²) in [6.07, 6.45) is -0.434. The first-order valence-electron chi connectivity index (χ1n) is 10.5. The van der Waals surface area contributed by atoms with Gasteiger partial charge in [-0.3, -0.25) is 4.79 Å². The first-order chi connectivity index (χ1) is 15.1. The smallest absolute Gasteiger partial charge is 0.377 e. The normalized spacial score (nSPS) is 12.7. The van der Waals surface area contributed by atoms with Gasteiger partial charge < -0.3 is 20.4 Å². The summed E-state index contributed by atoms with van der Waals surface area (Å²) in [5.74, 6) is -3.17. The van der Waals surface area contributed by atoms with E-state index in [0.29, 0.717) is 12.0 Å². The molecule has 0 fully saturated rings. The van der Waals surface area contributed by atoms with E-state index in [1.54, 1.807) is 48.5 Å². The Morgan fingerprint density at radius 1 is 0.667 bits per heavy atom. The van der Waals surface area contributed by atoms with E-state index in [-0.39, 0.29) is 16.4 Å². The van der Waals surface area contributed by atoms with Gasteiger partial charge in [0.2, 0.25) is 0 Å². The molecule has 2 atom stereocenters. The van der Waals surface area contributed by atoms with Gasteiger partial charge in [0, 0.05) is 12.0 Å². The molecule has 7 nitrogen and oxygen atoms in total. The second-order valence-corrected chi connectivity index (χ2v) is 9.67. The van der Waals surface area contributed by atoms with Crippen molar-refractivity contribution in [1.29, 1.82) is 0 Å². The molecule has 33 heavy (non-hydrogen) atoms. The molecule has 0 heterocycles. The predicted molar refractivity (Wildman–Crippen MR) is 127 cm³/mol. The minimum absolute atomic E-state index is 0.147. The zero-order valence-corrected chi connectivity index (χ0v) is 20.1. The summed E-state index contributed by atoms with van der Waals surface area (Å²) in [4.78, 5) is 31.1. The lowest BCUT2D eigenvalue weighted by Gasteiger charge is -2.32. The number of aliphatic carboxylic acids is 1. The molecule has 182 valence electrons. The van der Waals surface area contributed by atoms with Crippen LogP contribution in [-0.2, 0) is 4.79 Å². The number of rotatable bonds is 5. The number of aromatic carboxylic acids is 1. The highest BCUT2D eigenvalue weighted by molar-refractivity contribution is 6.39. The fourth-order valence-electron chi connectivity index (χ4n) is 2.21. The molecule has 0 aliphatic rings. The molecule has 0 saturated heterocycles. The molecule has 0 spiro atoms. The number of carboxylic acids is 2. The van der Waals surface area contributed by atoms with E-state index in [2.05, 4.69) is 0 Å². The maximum atomic E-state index is 10.7. The standard InChI is InChI=1S/C11H24O2.C8H6O3.C7H6O2/c1-10(2,3)8(12)7-9(13)11(4,5)6;9-7(8(10)11)6-4-2-1-3-5-6;8-7(9)6-4-2-1-3-5-6/h8-9,12-13H,7H2,1-6H3;1-5H,(H,10,11);1-5H,(H,8,9). The van der Waals surface area contributed by atoms with Crippen LogP contribution in [0.1, 0.15) is 68.7 Å². The lowest BCUT2D eigenvalue weighted by molar-refractivity contribution is -0.131. The van der Waals surface area contributed by atoms with Crippen LogP contribution < -0.4 is 0 Å². The van der Waals surface area contributed by atoms with Crippen molar-refractivity contribution in [3.8, 4) is 0 Å². The van der Waals surface area contributed by atoms with Gasteiger partial charge in [0.05, 0.1) is 17.8 Å². The zero-order valence-electron chi connectivity index (χ0n) is 20.1. The van der Waals surface area contributed by atoms with Gasteiger partial charge in [-0.15, -0.1) is 0 Å². The maximum absolute atomic E-state index is 10.7. The third kappa shape index (κ3) is 12.6. The second-order valence-electron chi connectivity index (χ2n) is 9.67. The molecule has 0 aliphatic heterocycles. The quantitative estimate of drug-likeness (QED) is 0.381. The molecule has 0 saturated carbocycles. The van der Waals surface area contributed by atoms with Crippen molar-refractivity contribution in [3.05, 3.63) is 71.8 Å². The molecule has 0 radical (unpaired) electrons. The van der Waals surface area contributed by atoms with Crippen LogP contribution in [0.3, 0.4) is 0 Å². The molecule has 0 amide bonds. The number of carboxylic acid groups (broad SMARTS) is 2. The van der Waals surface area contributed by atoms with Gasteiger partial charge in [-0.05, 0) is 23.0 Å². The first kappa shape index (κ1) is 30.0. The van der Waals surface area contributed by atoms with E-state index in [4.69, 9.17) is 10.2 Å². The van der Waals surface area contributed by atoms with Crippen LogP contribution in [0.4, 0.5) is 0 Å². The van der Waals surface area contributed by atoms with E-state index < -0.39 is 29.9 Å². The Bertz CT molecular complexity index is 845. The molecule has 0 aliphatic carbocycles. The maximum Gasteiger partial charge on any atom is 0.377 e. The van der Waals surface area contributed by atoms with Crippen molar-refractivity contribution in [3.63, 3.8) is 0 Å². The number of carbonyl (C=O) groups is 3. The summed E-state index contributed by atoms with van der Waals surface area (Å²) < 4.78 is 0. The van der Waals surface area contributed by atoms with Crippen LogP contribution in [0.25, 0.3) is 0 Å². The minimum atomic E-state index is -1.42. The Morgan fingerprint density at radius 2 is 1.00 bits per heavy atom. The fourth-order valence-corrected chi connectivity index (χ4v) is 2.21. The number of aliphatic hydroxyl groups is 2. The van der Waals surface area contributed by atoms with Gasteiger partial charge in [0.15, 0.2) is 0 Å². The molecular weight excluding hydrogens is 424 g/mol. The summed E-state index contributed by atoms with van der Waals surface area (Å²) in [6, 6.07) is 16.2. The monoisotopic (exact) mass is 460 g/mol. The highest BCUT2D eigenvalue weighted by Crippen LogP contribution is 2.28. The first-order valence-corrected chi connectivity index (χ1v) is 10.5. The molecule has 7 heteroatoms. The largest absolute Gasteiger partial charge is 0.478 e. The van der Waals surface area contributed by atoms with Gasteiger partial charge in [-0.2, -0.15) is 0 Å². The van der Waals surface area contributed by atoms with Gasteiger partial charge in [-0.25, -0.2) is 9.59 Å². The number of benzene rings is 2. The van der Waals surface area contributed by atoms with Crippen LogP contribution in [0.2, 0.25) is 0 Å². The Kier molecular flexibility index (Phi) is 12.3. The van der Waals surface area contributed by atoms with Gasteiger partial charge in [0.25, 0.3) is 5.78 Å². The van der Waals surface area contributed by atoms with Crippen LogP contribution in [0.15, 0.2) is 60.7 Å². The third-order valence-corrected chi connectivity index (χ3v) is 4.70. The van der Waals surface area contributed by atoms with Crippen LogP contribution in [-0.4, -0.2) is 50.4 Å². The average Bonchev–Trinajstić information content (AvgIpc) is 2.74. The number of Topliss-reactive ketones (excluding diaryl/α,β-unsaturated/α-hetero) is 1. The second kappa shape index (κ2) is 13.5. The summed E-state index contributed by atoms with van der Waals surface area (Å²) >= 11 is 0. The summed E-state index contributed by atoms with van der Waals surface area (Å²) in [6.45, 7) is 11.9. The van der Waals surface area contributed by atoms with Crippen molar-refractivity contribution >= 4 is 17.7 Å². The van der Waals surface area contributed by atoms with Crippen LogP contribution in [0.5, 0.6) is 0 Å². The molecular formula is C26H36O7.